The van der Waals surface area contributed by atoms with Gasteiger partial charge in [-0.25, -0.2) is 0 Å². The molecule has 0 saturated carbocycles. The highest BCUT2D eigenvalue weighted by Crippen LogP contribution is 2.21. The van der Waals surface area contributed by atoms with Crippen molar-refractivity contribution in [1.29, 1.82) is 0 Å². The molecule has 0 aliphatic carbocycles. The predicted octanol–water partition coefficient (Wildman–Crippen LogP) is 0.318. The SMILES string of the molecule is CCOC(=O)CC1(OCC)CNC1. The number of ether oxygens (including phenoxy) is 2. The minimum absolute atomic E-state index is 0.169. The van der Waals surface area contributed by atoms with Crippen LogP contribution in [0.25, 0.3) is 0 Å². The van der Waals surface area contributed by atoms with Crippen molar-refractivity contribution in [3.63, 3.8) is 0 Å². The molecule has 0 atom stereocenters. The Balaban J connectivity index is 2.34. The Hall–Kier alpha value is -0.610. The molecule has 1 fully saturated rings. The van der Waals surface area contributed by atoms with E-state index in [1.807, 2.05) is 13.8 Å². The Bertz CT molecular complexity index is 178. The number of esters is 1. The summed E-state index contributed by atoms with van der Waals surface area (Å²) in [5.74, 6) is -0.169. The van der Waals surface area contributed by atoms with Gasteiger partial charge in [0.2, 0.25) is 0 Å². The largest absolute Gasteiger partial charge is 0.466 e. The molecule has 1 aliphatic rings. The zero-order chi connectivity index (χ0) is 9.73. The van der Waals surface area contributed by atoms with Crippen molar-refractivity contribution in [3.05, 3.63) is 0 Å². The van der Waals surface area contributed by atoms with Crippen LogP contribution in [0.15, 0.2) is 0 Å². The summed E-state index contributed by atoms with van der Waals surface area (Å²) in [6, 6.07) is 0. The molecular weight excluding hydrogens is 170 g/mol. The fourth-order valence-electron chi connectivity index (χ4n) is 1.46. The van der Waals surface area contributed by atoms with Gasteiger partial charge >= 0.3 is 5.97 Å². The lowest BCUT2D eigenvalue weighted by Crippen LogP contribution is -2.62. The molecule has 1 N–H and O–H groups in total. The molecular formula is C9H17NO3. The van der Waals surface area contributed by atoms with Crippen LogP contribution >= 0.6 is 0 Å². The minimum Gasteiger partial charge on any atom is -0.466 e. The van der Waals surface area contributed by atoms with Crippen molar-refractivity contribution in [3.8, 4) is 0 Å². The normalized spacial score (nSPS) is 19.2. The van der Waals surface area contributed by atoms with Crippen LogP contribution in [0.5, 0.6) is 0 Å². The van der Waals surface area contributed by atoms with Gasteiger partial charge in [0.25, 0.3) is 0 Å². The first-order valence-electron chi connectivity index (χ1n) is 4.73. The lowest BCUT2D eigenvalue weighted by molar-refractivity contribution is -0.155. The molecule has 0 aromatic heterocycles. The first kappa shape index (κ1) is 10.5. The number of hydrogen-bond acceptors (Lipinski definition) is 4. The summed E-state index contributed by atoms with van der Waals surface area (Å²) in [6.07, 6.45) is 0.363. The molecule has 76 valence electrons. The molecule has 1 aliphatic heterocycles. The van der Waals surface area contributed by atoms with Crippen LogP contribution in [0.2, 0.25) is 0 Å². The van der Waals surface area contributed by atoms with Crippen LogP contribution in [-0.2, 0) is 14.3 Å². The van der Waals surface area contributed by atoms with E-state index in [0.29, 0.717) is 19.6 Å². The highest BCUT2D eigenvalue weighted by atomic mass is 16.5. The van der Waals surface area contributed by atoms with Gasteiger partial charge in [-0.2, -0.15) is 0 Å². The third-order valence-corrected chi connectivity index (χ3v) is 2.12. The first-order chi connectivity index (χ1) is 6.22. The van der Waals surface area contributed by atoms with E-state index in [9.17, 15) is 4.79 Å². The quantitative estimate of drug-likeness (QED) is 0.630. The predicted molar refractivity (Wildman–Crippen MR) is 48.5 cm³/mol. The molecule has 4 nitrogen and oxygen atoms in total. The summed E-state index contributed by atoms with van der Waals surface area (Å²) in [5, 5.41) is 3.10. The number of nitrogens with one attached hydrogen (secondary N) is 1. The maximum absolute atomic E-state index is 11.2. The summed E-state index contributed by atoms with van der Waals surface area (Å²) in [7, 11) is 0. The Morgan fingerprint density at radius 2 is 2.08 bits per heavy atom. The van der Waals surface area contributed by atoms with E-state index < -0.39 is 0 Å². The topological polar surface area (TPSA) is 47.6 Å². The van der Waals surface area contributed by atoms with Crippen molar-refractivity contribution in [2.24, 2.45) is 0 Å². The van der Waals surface area contributed by atoms with Crippen LogP contribution < -0.4 is 5.32 Å². The standard InChI is InChI=1S/C9H17NO3/c1-3-12-8(11)5-9(13-4-2)6-10-7-9/h10H,3-7H2,1-2H3. The molecule has 1 heterocycles. The van der Waals surface area contributed by atoms with E-state index in [-0.39, 0.29) is 11.6 Å². The molecule has 1 rings (SSSR count). The number of rotatable bonds is 5. The third-order valence-electron chi connectivity index (χ3n) is 2.12. The maximum atomic E-state index is 11.2. The molecule has 0 unspecified atom stereocenters. The van der Waals surface area contributed by atoms with Crippen LogP contribution in [-0.4, -0.2) is 37.9 Å². The van der Waals surface area contributed by atoms with E-state index in [0.717, 1.165) is 13.1 Å². The Kier molecular flexibility index (Phi) is 3.69. The summed E-state index contributed by atoms with van der Waals surface area (Å²) >= 11 is 0. The lowest BCUT2D eigenvalue weighted by atomic mass is 9.93. The smallest absolute Gasteiger partial charge is 0.308 e. The molecule has 1 saturated heterocycles. The van der Waals surface area contributed by atoms with Crippen LogP contribution in [0.4, 0.5) is 0 Å². The second kappa shape index (κ2) is 4.58. The van der Waals surface area contributed by atoms with Gasteiger partial charge in [-0.1, -0.05) is 0 Å². The molecule has 0 bridgehead atoms. The van der Waals surface area contributed by atoms with E-state index in [1.165, 1.54) is 0 Å². The van der Waals surface area contributed by atoms with Crippen molar-refractivity contribution < 1.29 is 14.3 Å². The Morgan fingerprint density at radius 3 is 2.46 bits per heavy atom. The third kappa shape index (κ3) is 2.67. The highest BCUT2D eigenvalue weighted by Gasteiger charge is 2.40. The van der Waals surface area contributed by atoms with E-state index >= 15 is 0 Å². The number of hydrogen-bond donors (Lipinski definition) is 1. The second-order valence-electron chi connectivity index (χ2n) is 3.20. The zero-order valence-corrected chi connectivity index (χ0v) is 8.26. The van der Waals surface area contributed by atoms with E-state index in [4.69, 9.17) is 9.47 Å². The van der Waals surface area contributed by atoms with Crippen molar-refractivity contribution >= 4 is 5.97 Å². The van der Waals surface area contributed by atoms with Crippen LogP contribution in [0.3, 0.4) is 0 Å². The fraction of sp³-hybridized carbons (Fsp3) is 0.889. The van der Waals surface area contributed by atoms with Gasteiger partial charge in [0.15, 0.2) is 0 Å². The summed E-state index contributed by atoms with van der Waals surface area (Å²) in [5.41, 5.74) is -0.291. The van der Waals surface area contributed by atoms with Gasteiger partial charge in [-0.15, -0.1) is 0 Å². The molecule has 0 spiro atoms. The maximum Gasteiger partial charge on any atom is 0.308 e. The van der Waals surface area contributed by atoms with Crippen LogP contribution in [0.1, 0.15) is 20.3 Å². The van der Waals surface area contributed by atoms with Gasteiger partial charge in [-0.05, 0) is 13.8 Å². The van der Waals surface area contributed by atoms with Gasteiger partial charge < -0.3 is 14.8 Å². The summed E-state index contributed by atoms with van der Waals surface area (Å²) in [6.45, 7) is 6.32. The minimum atomic E-state index is -0.291. The number of carbonyl (C=O) groups excluding carboxylic acids is 1. The first-order valence-corrected chi connectivity index (χ1v) is 4.73. The van der Waals surface area contributed by atoms with Crippen molar-refractivity contribution in [2.45, 2.75) is 25.9 Å². The molecule has 0 radical (unpaired) electrons. The Morgan fingerprint density at radius 1 is 1.38 bits per heavy atom. The Labute approximate surface area is 78.6 Å². The van der Waals surface area contributed by atoms with Gasteiger partial charge in [-0.3, -0.25) is 4.79 Å². The zero-order valence-electron chi connectivity index (χ0n) is 8.26. The lowest BCUT2D eigenvalue weighted by Gasteiger charge is -2.41. The fourth-order valence-corrected chi connectivity index (χ4v) is 1.46. The molecule has 0 aromatic carbocycles. The van der Waals surface area contributed by atoms with Gasteiger partial charge in [0, 0.05) is 19.7 Å². The monoisotopic (exact) mass is 187 g/mol. The van der Waals surface area contributed by atoms with Crippen molar-refractivity contribution in [2.75, 3.05) is 26.3 Å². The van der Waals surface area contributed by atoms with Gasteiger partial charge in [0.05, 0.1) is 13.0 Å². The van der Waals surface area contributed by atoms with Gasteiger partial charge in [0.1, 0.15) is 5.60 Å². The summed E-state index contributed by atoms with van der Waals surface area (Å²) in [4.78, 5) is 11.2. The second-order valence-corrected chi connectivity index (χ2v) is 3.20. The van der Waals surface area contributed by atoms with Crippen molar-refractivity contribution in [1.82, 2.24) is 5.32 Å². The summed E-state index contributed by atoms with van der Waals surface area (Å²) < 4.78 is 10.4. The molecule has 0 amide bonds. The average molecular weight is 187 g/mol. The number of carbonyl (C=O) groups is 1. The van der Waals surface area contributed by atoms with Crippen LogP contribution in [0, 0.1) is 0 Å². The average Bonchev–Trinajstić information content (AvgIpc) is 2.01. The molecule has 13 heavy (non-hydrogen) atoms. The van der Waals surface area contributed by atoms with E-state index in [1.54, 1.807) is 0 Å². The highest BCUT2D eigenvalue weighted by molar-refractivity contribution is 5.71. The van der Waals surface area contributed by atoms with E-state index in [2.05, 4.69) is 5.32 Å². The molecule has 0 aromatic rings. The molecule has 4 heteroatoms.